The van der Waals surface area contributed by atoms with Gasteiger partial charge in [-0.05, 0) is 97.6 Å². The molecule has 1 saturated carbocycles. The van der Waals surface area contributed by atoms with Crippen molar-refractivity contribution in [3.05, 3.63) is 56.7 Å². The molecule has 2 heterocycles. The number of amides is 1. The summed E-state index contributed by atoms with van der Waals surface area (Å²) in [5.41, 5.74) is 3.45. The van der Waals surface area contributed by atoms with Gasteiger partial charge in [0, 0.05) is 26.2 Å². The lowest BCUT2D eigenvalue weighted by Crippen LogP contribution is -2.68. The lowest BCUT2D eigenvalue weighted by atomic mass is 9.51. The summed E-state index contributed by atoms with van der Waals surface area (Å²) in [6.07, 6.45) is 4.16. The molecule has 2 fully saturated rings. The summed E-state index contributed by atoms with van der Waals surface area (Å²) >= 11 is 2.25. The number of benzene rings is 2. The number of piperidine rings is 1. The Kier molecular flexibility index (Phi) is 4.55. The summed E-state index contributed by atoms with van der Waals surface area (Å²) in [7, 11) is 3.98. The third kappa shape index (κ3) is 2.73. The molecule has 6 heteroatoms. The predicted molar refractivity (Wildman–Crippen MR) is 127 cm³/mol. The van der Waals surface area contributed by atoms with E-state index in [0.29, 0.717) is 17.5 Å². The second-order valence-corrected chi connectivity index (χ2v) is 10.7. The fourth-order valence-electron chi connectivity index (χ4n) is 6.92. The Morgan fingerprint density at radius 3 is 2.97 bits per heavy atom. The van der Waals surface area contributed by atoms with Gasteiger partial charge in [-0.25, -0.2) is 0 Å². The maximum atomic E-state index is 13.1. The van der Waals surface area contributed by atoms with Crippen molar-refractivity contribution < 1.29 is 14.3 Å². The Hall–Kier alpha value is -1.80. The van der Waals surface area contributed by atoms with Crippen molar-refractivity contribution in [3.8, 4) is 11.5 Å². The molecule has 3 unspecified atom stereocenters. The average molecular weight is 530 g/mol. The van der Waals surface area contributed by atoms with Gasteiger partial charge in [0.2, 0.25) is 0 Å². The van der Waals surface area contributed by atoms with E-state index in [1.165, 1.54) is 11.1 Å². The lowest BCUT2D eigenvalue weighted by molar-refractivity contribution is -0.0558. The van der Waals surface area contributed by atoms with E-state index in [9.17, 15) is 4.79 Å². The molecule has 162 valence electrons. The number of nitrogens with one attached hydrogen (secondary N) is 1. The normalized spacial score (nSPS) is 32.7. The van der Waals surface area contributed by atoms with Crippen LogP contribution >= 0.6 is 22.6 Å². The molecule has 1 saturated heterocycles. The van der Waals surface area contributed by atoms with Crippen molar-refractivity contribution in [2.24, 2.45) is 5.92 Å². The number of halogens is 1. The van der Waals surface area contributed by atoms with Crippen LogP contribution in [-0.4, -0.2) is 49.7 Å². The Morgan fingerprint density at radius 1 is 1.29 bits per heavy atom. The van der Waals surface area contributed by atoms with Gasteiger partial charge < -0.3 is 19.7 Å². The van der Waals surface area contributed by atoms with Gasteiger partial charge in [0.25, 0.3) is 5.91 Å². The van der Waals surface area contributed by atoms with Crippen LogP contribution in [0.3, 0.4) is 0 Å². The van der Waals surface area contributed by atoms with E-state index in [1.807, 2.05) is 24.3 Å². The Bertz CT molecular complexity index is 1070. The number of hydrogen-bond acceptors (Lipinski definition) is 4. The molecule has 5 atom stereocenters. The van der Waals surface area contributed by atoms with Gasteiger partial charge in [0.1, 0.15) is 6.10 Å². The van der Waals surface area contributed by atoms with Gasteiger partial charge in [-0.3, -0.25) is 4.79 Å². The number of likely N-dealkylation sites (N-methyl/N-ethyl adjacent to an activating group) is 1. The first-order valence-corrected chi connectivity index (χ1v) is 12.2. The van der Waals surface area contributed by atoms with Gasteiger partial charge in [0.05, 0.1) is 13.2 Å². The number of carbonyl (C=O) groups excluding carboxylic acids is 1. The summed E-state index contributed by atoms with van der Waals surface area (Å²) < 4.78 is 13.5. The first-order valence-electron chi connectivity index (χ1n) is 11.2. The van der Waals surface area contributed by atoms with Crippen molar-refractivity contribution >= 4 is 28.5 Å². The summed E-state index contributed by atoms with van der Waals surface area (Å²) in [6, 6.07) is 12.6. The number of likely N-dealkylation sites (tertiary alicyclic amines) is 1. The Morgan fingerprint density at radius 2 is 2.16 bits per heavy atom. The van der Waals surface area contributed by atoms with Crippen LogP contribution in [0.25, 0.3) is 0 Å². The standard InChI is InChI=1S/C25H27IN2O3/c1-28-11-10-25-17-7-8-18(27-24(29)15-4-3-5-16(26)12-15)23(25)31-22-20(30-2)9-6-14(21(22)25)13-19(17)28/h3-6,9,12,17-19,23H,7-8,10-11,13H2,1-2H3,(H,27,29)/t17?,18-,19?,23?,25+/m1/s1. The molecule has 2 aromatic rings. The molecule has 6 rings (SSSR count). The minimum absolute atomic E-state index is 0.00581. The SMILES string of the molecule is COc1ccc2c3c1OC1[C@H](NC(=O)c4cccc(I)c4)CCC4C(C2)N(C)CC[C@@]341. The zero-order valence-electron chi connectivity index (χ0n) is 17.9. The summed E-state index contributed by atoms with van der Waals surface area (Å²) in [4.78, 5) is 15.7. The van der Waals surface area contributed by atoms with Gasteiger partial charge >= 0.3 is 0 Å². The highest BCUT2D eigenvalue weighted by Crippen LogP contribution is 2.63. The molecule has 2 aliphatic heterocycles. The van der Waals surface area contributed by atoms with Crippen LogP contribution < -0.4 is 14.8 Å². The van der Waals surface area contributed by atoms with E-state index in [4.69, 9.17) is 9.47 Å². The van der Waals surface area contributed by atoms with Crippen molar-refractivity contribution in [1.29, 1.82) is 0 Å². The number of hydrogen-bond donors (Lipinski definition) is 1. The fourth-order valence-corrected chi connectivity index (χ4v) is 7.46. The highest BCUT2D eigenvalue weighted by Gasteiger charge is 2.65. The maximum absolute atomic E-state index is 13.1. The monoisotopic (exact) mass is 530 g/mol. The second-order valence-electron chi connectivity index (χ2n) is 9.49. The first-order chi connectivity index (χ1) is 15.0. The van der Waals surface area contributed by atoms with E-state index in [2.05, 4.69) is 52.0 Å². The molecule has 1 N–H and O–H groups in total. The molecule has 5 nitrogen and oxygen atoms in total. The van der Waals surface area contributed by atoms with Crippen LogP contribution in [0.2, 0.25) is 0 Å². The molecule has 4 aliphatic rings. The lowest BCUT2D eigenvalue weighted by Gasteiger charge is -2.59. The zero-order valence-corrected chi connectivity index (χ0v) is 20.0. The Balaban J connectivity index is 1.41. The predicted octanol–water partition coefficient (Wildman–Crippen LogP) is 3.77. The Labute approximate surface area is 196 Å². The van der Waals surface area contributed by atoms with Crippen molar-refractivity contribution in [2.45, 2.75) is 49.3 Å². The number of carbonyl (C=O) groups is 1. The van der Waals surface area contributed by atoms with Crippen molar-refractivity contribution in [1.82, 2.24) is 10.2 Å². The van der Waals surface area contributed by atoms with E-state index in [-0.39, 0.29) is 23.5 Å². The minimum Gasteiger partial charge on any atom is -0.493 e. The molecule has 2 bridgehead atoms. The smallest absolute Gasteiger partial charge is 0.251 e. The van der Waals surface area contributed by atoms with E-state index < -0.39 is 0 Å². The number of methoxy groups -OCH3 is 1. The summed E-state index contributed by atoms with van der Waals surface area (Å²) in [5, 5.41) is 3.36. The van der Waals surface area contributed by atoms with E-state index in [1.54, 1.807) is 7.11 Å². The van der Waals surface area contributed by atoms with Gasteiger partial charge in [-0.1, -0.05) is 12.1 Å². The second kappa shape index (κ2) is 7.10. The highest BCUT2D eigenvalue weighted by molar-refractivity contribution is 14.1. The number of ether oxygens (including phenoxy) is 2. The highest BCUT2D eigenvalue weighted by atomic mass is 127. The van der Waals surface area contributed by atoms with Crippen LogP contribution in [0.15, 0.2) is 36.4 Å². The minimum atomic E-state index is -0.0421. The summed E-state index contributed by atoms with van der Waals surface area (Å²) in [5.74, 6) is 2.29. The molecule has 31 heavy (non-hydrogen) atoms. The van der Waals surface area contributed by atoms with E-state index in [0.717, 1.165) is 47.3 Å². The summed E-state index contributed by atoms with van der Waals surface area (Å²) in [6.45, 7) is 1.06. The van der Waals surface area contributed by atoms with Crippen LogP contribution in [0.5, 0.6) is 11.5 Å². The van der Waals surface area contributed by atoms with Crippen LogP contribution in [0, 0.1) is 9.49 Å². The van der Waals surface area contributed by atoms with E-state index >= 15 is 0 Å². The van der Waals surface area contributed by atoms with Gasteiger partial charge in [-0.2, -0.15) is 0 Å². The van der Waals surface area contributed by atoms with Gasteiger partial charge in [-0.15, -0.1) is 0 Å². The molecule has 1 spiro atoms. The number of rotatable bonds is 3. The fraction of sp³-hybridized carbons (Fsp3) is 0.480. The van der Waals surface area contributed by atoms with Crippen LogP contribution in [0.1, 0.15) is 40.7 Å². The molecule has 0 radical (unpaired) electrons. The maximum Gasteiger partial charge on any atom is 0.251 e. The topological polar surface area (TPSA) is 50.8 Å². The van der Waals surface area contributed by atoms with Crippen LogP contribution in [0.4, 0.5) is 0 Å². The third-order valence-electron chi connectivity index (χ3n) is 8.20. The molecule has 1 amide bonds. The molecular formula is C25H27IN2O3. The number of nitrogens with zero attached hydrogens (tertiary/aromatic N) is 1. The zero-order chi connectivity index (χ0) is 21.3. The average Bonchev–Trinajstić information content (AvgIpc) is 3.12. The van der Waals surface area contributed by atoms with Gasteiger partial charge in [0.15, 0.2) is 11.5 Å². The third-order valence-corrected chi connectivity index (χ3v) is 8.87. The van der Waals surface area contributed by atoms with Crippen molar-refractivity contribution in [2.75, 3.05) is 20.7 Å². The molecule has 0 aromatic heterocycles. The largest absolute Gasteiger partial charge is 0.493 e. The quantitative estimate of drug-likeness (QED) is 0.615. The molecular weight excluding hydrogens is 503 g/mol. The van der Waals surface area contributed by atoms with Crippen LogP contribution in [-0.2, 0) is 11.8 Å². The molecule has 2 aliphatic carbocycles. The van der Waals surface area contributed by atoms with Crippen molar-refractivity contribution in [3.63, 3.8) is 0 Å². The molecule has 2 aromatic carbocycles. The first kappa shape index (κ1) is 19.9.